The number of fused-ring (bicyclic) bond motifs is 1. The molecule has 10 nitrogen and oxygen atoms in total. The third kappa shape index (κ3) is 4.25. The molecule has 2 N–H and O–H groups in total. The fourth-order valence-corrected chi connectivity index (χ4v) is 3.64. The minimum Gasteiger partial charge on any atom is -0.383 e. The second kappa shape index (κ2) is 7.84. The minimum atomic E-state index is -3.82. The van der Waals surface area contributed by atoms with Crippen LogP contribution < -0.4 is 16.1 Å². The van der Waals surface area contributed by atoms with Crippen LogP contribution in [0, 0.1) is 0 Å². The summed E-state index contributed by atoms with van der Waals surface area (Å²) in [7, 11) is -2.21. The van der Waals surface area contributed by atoms with Gasteiger partial charge in [-0.2, -0.15) is 9.77 Å². The largest absolute Gasteiger partial charge is 0.383 e. The Morgan fingerprint density at radius 2 is 2.00 bits per heavy atom. The number of ether oxygens (including phenoxy) is 1. The van der Waals surface area contributed by atoms with Crippen molar-refractivity contribution in [3.8, 4) is 11.3 Å². The van der Waals surface area contributed by atoms with Crippen LogP contribution >= 0.6 is 0 Å². The first kappa shape index (κ1) is 20.8. The molecule has 0 aliphatic heterocycles. The van der Waals surface area contributed by atoms with Crippen molar-refractivity contribution >= 4 is 20.9 Å². The van der Waals surface area contributed by atoms with Gasteiger partial charge in [0.25, 0.3) is 5.56 Å². The smallest absolute Gasteiger partial charge is 0.348 e. The zero-order valence-corrected chi connectivity index (χ0v) is 17.4. The van der Waals surface area contributed by atoms with E-state index < -0.39 is 21.3 Å². The molecule has 0 amide bonds. The van der Waals surface area contributed by atoms with E-state index in [1.54, 1.807) is 30.1 Å². The summed E-state index contributed by atoms with van der Waals surface area (Å²) in [4.78, 5) is 29.6. The summed E-state index contributed by atoms with van der Waals surface area (Å²) in [5.74, 6) is 0.0975. The third-order valence-corrected chi connectivity index (χ3v) is 4.96. The predicted molar refractivity (Wildman–Crippen MR) is 110 cm³/mol. The van der Waals surface area contributed by atoms with Crippen molar-refractivity contribution in [2.45, 2.75) is 26.3 Å². The van der Waals surface area contributed by atoms with E-state index in [0.717, 1.165) is 23.1 Å². The number of nitrogens with zero attached hydrogens (tertiary/aromatic N) is 3. The van der Waals surface area contributed by atoms with Crippen LogP contribution in [0.3, 0.4) is 0 Å². The van der Waals surface area contributed by atoms with Gasteiger partial charge in [-0.3, -0.25) is 9.48 Å². The summed E-state index contributed by atoms with van der Waals surface area (Å²) in [6, 6.07) is 5.24. The van der Waals surface area contributed by atoms with E-state index in [9.17, 15) is 18.0 Å². The molecule has 0 saturated carbocycles. The number of hydrogen-bond donors (Lipinski definition) is 2. The van der Waals surface area contributed by atoms with E-state index in [1.165, 1.54) is 0 Å². The van der Waals surface area contributed by atoms with Gasteiger partial charge in [-0.25, -0.2) is 18.0 Å². The van der Waals surface area contributed by atoms with Gasteiger partial charge in [0.2, 0.25) is 10.0 Å². The van der Waals surface area contributed by atoms with Crippen molar-refractivity contribution in [1.82, 2.24) is 19.4 Å². The molecule has 156 valence electrons. The Balaban J connectivity index is 2.30. The Bertz CT molecular complexity index is 1270. The summed E-state index contributed by atoms with van der Waals surface area (Å²) in [6.07, 6.45) is 2.53. The highest BCUT2D eigenvalue weighted by atomic mass is 32.2. The molecular weight excluding hydrogens is 398 g/mol. The molecule has 0 bridgehead atoms. The zero-order valence-electron chi connectivity index (χ0n) is 16.6. The molecule has 0 unspecified atom stereocenters. The van der Waals surface area contributed by atoms with E-state index in [-0.39, 0.29) is 11.3 Å². The normalized spacial score (nSPS) is 12.0. The van der Waals surface area contributed by atoms with Gasteiger partial charge in [-0.05, 0) is 29.7 Å². The van der Waals surface area contributed by atoms with Crippen LogP contribution in [0.25, 0.3) is 22.2 Å². The van der Waals surface area contributed by atoms with Gasteiger partial charge in [0.15, 0.2) is 0 Å². The van der Waals surface area contributed by atoms with Crippen molar-refractivity contribution in [2.24, 2.45) is 0 Å². The molecule has 3 aromatic rings. The lowest BCUT2D eigenvalue weighted by Gasteiger charge is -2.16. The summed E-state index contributed by atoms with van der Waals surface area (Å²) in [5.41, 5.74) is 1.20. The van der Waals surface area contributed by atoms with Gasteiger partial charge in [0.1, 0.15) is 0 Å². The number of hydrogen-bond acceptors (Lipinski definition) is 6. The Labute approximate surface area is 167 Å². The van der Waals surface area contributed by atoms with Crippen LogP contribution in [0.4, 0.5) is 0 Å². The first-order valence-electron chi connectivity index (χ1n) is 8.94. The van der Waals surface area contributed by atoms with Crippen molar-refractivity contribution < 1.29 is 13.2 Å². The first-order valence-corrected chi connectivity index (χ1v) is 10.8. The molecule has 2 heterocycles. The van der Waals surface area contributed by atoms with Crippen LogP contribution in [-0.2, 0) is 21.3 Å². The van der Waals surface area contributed by atoms with Crippen LogP contribution in [0.1, 0.15) is 25.3 Å². The molecule has 0 atom stereocenters. The summed E-state index contributed by atoms with van der Waals surface area (Å²) in [5, 5.41) is 4.50. The number of rotatable bonds is 7. The van der Waals surface area contributed by atoms with Crippen LogP contribution in [0.2, 0.25) is 0 Å². The van der Waals surface area contributed by atoms with Gasteiger partial charge in [-0.1, -0.05) is 13.8 Å². The Morgan fingerprint density at radius 3 is 2.62 bits per heavy atom. The fraction of sp³-hybridized carbons (Fsp3) is 0.389. The van der Waals surface area contributed by atoms with E-state index >= 15 is 0 Å². The average molecular weight is 421 g/mol. The second-order valence-electron chi connectivity index (χ2n) is 7.01. The molecule has 29 heavy (non-hydrogen) atoms. The molecule has 0 saturated heterocycles. The van der Waals surface area contributed by atoms with Crippen LogP contribution in [0.5, 0.6) is 0 Å². The highest BCUT2D eigenvalue weighted by molar-refractivity contribution is 7.91. The lowest BCUT2D eigenvalue weighted by molar-refractivity contribution is 0.184. The minimum absolute atomic E-state index is 0.0975. The number of nitrogens with one attached hydrogen (secondary N) is 2. The molecule has 1 aromatic carbocycles. The maximum atomic E-state index is 12.9. The average Bonchev–Trinajstić information content (AvgIpc) is 3.10. The van der Waals surface area contributed by atoms with E-state index in [4.69, 9.17) is 4.74 Å². The molecule has 0 aliphatic carbocycles. The lowest BCUT2D eigenvalue weighted by atomic mass is 9.93. The second-order valence-corrected chi connectivity index (χ2v) is 8.73. The molecule has 3 rings (SSSR count). The maximum absolute atomic E-state index is 12.9. The van der Waals surface area contributed by atoms with Gasteiger partial charge in [-0.15, -0.1) is 0 Å². The van der Waals surface area contributed by atoms with Gasteiger partial charge in [0.05, 0.1) is 36.0 Å². The highest BCUT2D eigenvalue weighted by Gasteiger charge is 2.18. The number of aromatic amines is 1. The van der Waals surface area contributed by atoms with Crippen molar-refractivity contribution in [1.29, 1.82) is 0 Å². The van der Waals surface area contributed by atoms with E-state index in [1.807, 2.05) is 24.7 Å². The van der Waals surface area contributed by atoms with E-state index in [2.05, 4.69) is 10.1 Å². The summed E-state index contributed by atoms with van der Waals surface area (Å²) < 4.78 is 30.4. The summed E-state index contributed by atoms with van der Waals surface area (Å²) in [6.45, 7) is 5.01. The number of methoxy groups -OCH3 is 1. The highest BCUT2D eigenvalue weighted by Crippen LogP contribution is 2.31. The number of sulfonamides is 1. The van der Waals surface area contributed by atoms with E-state index in [0.29, 0.717) is 23.3 Å². The third-order valence-electron chi connectivity index (χ3n) is 4.45. The van der Waals surface area contributed by atoms with Crippen molar-refractivity contribution in [2.75, 3.05) is 24.8 Å². The number of aromatic nitrogens is 4. The molecule has 0 fully saturated rings. The zero-order chi connectivity index (χ0) is 21.3. The molecule has 0 radical (unpaired) electrons. The SMILES string of the molecule is COCCn1nccc1-c1cc2c(=O)n(NS(C)(=O)=O)c(=O)[nH]c2cc1C(C)C. The maximum Gasteiger partial charge on any atom is 0.348 e. The molecule has 0 aliphatic rings. The van der Waals surface area contributed by atoms with Crippen LogP contribution in [0.15, 0.2) is 34.0 Å². The predicted octanol–water partition coefficient (Wildman–Crippen LogP) is 0.826. The van der Waals surface area contributed by atoms with Gasteiger partial charge >= 0.3 is 5.69 Å². The molecule has 11 heteroatoms. The molecule has 0 spiro atoms. The standard InChI is InChI=1S/C18H23N5O5S/c1-11(2)12-10-15-14(17(24)23(18(25)20-15)21-29(4,26)27)9-13(12)16-5-6-19-22(16)7-8-28-3/h5-6,9-11,21H,7-8H2,1-4H3,(H,20,25). The fourth-order valence-electron chi connectivity index (χ4n) is 3.15. The Hall–Kier alpha value is -2.92. The van der Waals surface area contributed by atoms with Crippen LogP contribution in [-0.4, -0.2) is 47.8 Å². The van der Waals surface area contributed by atoms with Crippen molar-refractivity contribution in [3.05, 3.63) is 50.8 Å². The van der Waals surface area contributed by atoms with Crippen molar-refractivity contribution in [3.63, 3.8) is 0 Å². The summed E-state index contributed by atoms with van der Waals surface area (Å²) >= 11 is 0. The number of benzene rings is 1. The Morgan fingerprint density at radius 1 is 1.28 bits per heavy atom. The number of H-pyrrole nitrogens is 1. The Kier molecular flexibility index (Phi) is 5.62. The molecule has 2 aromatic heterocycles. The monoisotopic (exact) mass is 421 g/mol. The topological polar surface area (TPSA) is 128 Å². The molecular formula is C18H23N5O5S. The lowest BCUT2D eigenvalue weighted by Crippen LogP contribution is -2.43. The quantitative estimate of drug-likeness (QED) is 0.581. The van der Waals surface area contributed by atoms with Gasteiger partial charge in [0, 0.05) is 18.9 Å². The van der Waals surface area contributed by atoms with Gasteiger partial charge < -0.3 is 9.72 Å². The first-order chi connectivity index (χ1) is 13.6.